The highest BCUT2D eigenvalue weighted by Gasteiger charge is 2.53. The SMILES string of the molecule is CNC(=O)C(=O)CC[C@H](NC(=O)c1cc2ccccc2o1)C(=O)Nc1cccn(CC(=O)NC(C)C23CC4CC(CC(C4)C2)C3)c1=O. The first-order valence-corrected chi connectivity index (χ1v) is 16.4. The Morgan fingerprint density at radius 3 is 2.30 bits per heavy atom. The van der Waals surface area contributed by atoms with E-state index in [9.17, 15) is 28.8 Å². The van der Waals surface area contributed by atoms with Gasteiger partial charge in [-0.15, -0.1) is 0 Å². The highest BCUT2D eigenvalue weighted by atomic mass is 16.3. The van der Waals surface area contributed by atoms with E-state index in [0.29, 0.717) is 11.0 Å². The maximum Gasteiger partial charge on any atom is 0.287 e. The molecule has 1 aromatic carbocycles. The Kier molecular flexibility index (Phi) is 9.03. The van der Waals surface area contributed by atoms with E-state index < -0.39 is 35.1 Å². The van der Waals surface area contributed by atoms with E-state index in [0.717, 1.165) is 37.0 Å². The van der Waals surface area contributed by atoms with Gasteiger partial charge < -0.3 is 30.3 Å². The largest absolute Gasteiger partial charge is 0.451 e. The molecule has 4 aliphatic rings. The number of nitrogens with zero attached hydrogens (tertiary/aromatic N) is 1. The number of aromatic nitrogens is 1. The van der Waals surface area contributed by atoms with Gasteiger partial charge in [0.1, 0.15) is 23.9 Å². The molecule has 4 aliphatic carbocycles. The second-order valence-electron chi connectivity index (χ2n) is 13.6. The van der Waals surface area contributed by atoms with Gasteiger partial charge in [-0.2, -0.15) is 0 Å². The zero-order valence-electron chi connectivity index (χ0n) is 26.7. The average Bonchev–Trinajstić information content (AvgIpc) is 3.48. The molecule has 248 valence electrons. The van der Waals surface area contributed by atoms with Crippen molar-refractivity contribution in [3.05, 3.63) is 64.8 Å². The number of hydrogen-bond donors (Lipinski definition) is 4. The second kappa shape index (κ2) is 13.2. The standard InChI is InChI=1S/C35H41N5O7/c1-20(35-16-21-12-22(17-35)14-23(13-21)18-35)37-30(42)19-40-11-5-7-26(34(40)46)39-31(43)25(9-10-27(41)32(44)36-2)38-33(45)29-15-24-6-3-4-8-28(24)47-29/h3-8,11,15,20-23,25H,9-10,12-14,16-19H2,1-2H3,(H,36,44)(H,37,42)(H,38,45)(H,39,43)/t20?,21?,22?,23?,25-,35?/m0/s1. The van der Waals surface area contributed by atoms with Gasteiger partial charge in [0.2, 0.25) is 17.6 Å². The minimum Gasteiger partial charge on any atom is -0.451 e. The lowest BCUT2D eigenvalue weighted by atomic mass is 9.48. The summed E-state index contributed by atoms with van der Waals surface area (Å²) in [5, 5.41) is 11.2. The smallest absolute Gasteiger partial charge is 0.287 e. The first kappa shape index (κ1) is 32.2. The van der Waals surface area contributed by atoms with Crippen LogP contribution in [0.2, 0.25) is 0 Å². The molecule has 3 aromatic rings. The lowest BCUT2D eigenvalue weighted by Gasteiger charge is -2.59. The third kappa shape index (κ3) is 6.86. The fourth-order valence-electron chi connectivity index (χ4n) is 8.40. The summed E-state index contributed by atoms with van der Waals surface area (Å²) in [6.07, 6.45) is 8.29. The number of pyridine rings is 1. The minimum atomic E-state index is -1.29. The maximum absolute atomic E-state index is 13.4. The van der Waals surface area contributed by atoms with Crippen LogP contribution in [0.25, 0.3) is 11.0 Å². The van der Waals surface area contributed by atoms with Crippen LogP contribution in [-0.4, -0.2) is 53.1 Å². The summed E-state index contributed by atoms with van der Waals surface area (Å²) in [6, 6.07) is 10.2. The number of amides is 4. The summed E-state index contributed by atoms with van der Waals surface area (Å²) in [5.74, 6) is -1.14. The van der Waals surface area contributed by atoms with Crippen molar-refractivity contribution in [2.24, 2.45) is 23.2 Å². The number of rotatable bonds is 12. The lowest BCUT2D eigenvalue weighted by molar-refractivity contribution is -0.137. The third-order valence-electron chi connectivity index (χ3n) is 10.4. The quantitative estimate of drug-likeness (QED) is 0.220. The molecule has 4 N–H and O–H groups in total. The molecule has 12 nitrogen and oxygen atoms in total. The van der Waals surface area contributed by atoms with E-state index in [4.69, 9.17) is 4.42 Å². The van der Waals surface area contributed by atoms with Crippen LogP contribution < -0.4 is 26.8 Å². The molecule has 2 heterocycles. The number of Topliss-reactive ketones (excluding diaryl/α,β-unsaturated/α-hetero) is 1. The summed E-state index contributed by atoms with van der Waals surface area (Å²) in [4.78, 5) is 77.1. The number of furan rings is 1. The minimum absolute atomic E-state index is 0.00406. The number of anilines is 1. The number of hydrogen-bond acceptors (Lipinski definition) is 7. The van der Waals surface area contributed by atoms with Crippen LogP contribution in [0.15, 0.2) is 57.9 Å². The lowest BCUT2D eigenvalue weighted by Crippen LogP contribution is -2.56. The predicted octanol–water partition coefficient (Wildman–Crippen LogP) is 3.15. The van der Waals surface area contributed by atoms with Crippen molar-refractivity contribution < 1.29 is 28.4 Å². The normalized spacial score (nSPS) is 23.9. The van der Waals surface area contributed by atoms with Crippen LogP contribution in [0.1, 0.15) is 68.8 Å². The van der Waals surface area contributed by atoms with Crippen molar-refractivity contribution in [3.8, 4) is 0 Å². The molecule has 47 heavy (non-hydrogen) atoms. The van der Waals surface area contributed by atoms with Gasteiger partial charge >= 0.3 is 0 Å². The van der Waals surface area contributed by atoms with Crippen LogP contribution in [0.3, 0.4) is 0 Å². The molecule has 0 aliphatic heterocycles. The van der Waals surface area contributed by atoms with Crippen molar-refractivity contribution in [2.75, 3.05) is 12.4 Å². The predicted molar refractivity (Wildman–Crippen MR) is 173 cm³/mol. The maximum atomic E-state index is 13.4. The summed E-state index contributed by atoms with van der Waals surface area (Å²) in [7, 11) is 1.32. The van der Waals surface area contributed by atoms with Gasteiger partial charge in [0.15, 0.2) is 5.76 Å². The zero-order valence-corrected chi connectivity index (χ0v) is 26.7. The highest BCUT2D eigenvalue weighted by Crippen LogP contribution is 2.61. The fraction of sp³-hybridized carbons (Fsp3) is 0.486. The number of para-hydroxylation sites is 1. The van der Waals surface area contributed by atoms with Gasteiger partial charge in [-0.25, -0.2) is 0 Å². The van der Waals surface area contributed by atoms with E-state index >= 15 is 0 Å². The molecule has 0 radical (unpaired) electrons. The fourth-order valence-corrected chi connectivity index (χ4v) is 8.40. The molecule has 4 bridgehead atoms. The topological polar surface area (TPSA) is 169 Å². The number of carbonyl (C=O) groups excluding carboxylic acids is 5. The summed E-state index contributed by atoms with van der Waals surface area (Å²) < 4.78 is 6.84. The van der Waals surface area contributed by atoms with Crippen LogP contribution in [0, 0.1) is 23.2 Å². The van der Waals surface area contributed by atoms with Gasteiger partial charge in [-0.05, 0) is 99.3 Å². The van der Waals surface area contributed by atoms with E-state index in [-0.39, 0.29) is 48.2 Å². The Morgan fingerprint density at radius 2 is 1.64 bits per heavy atom. The number of ketones is 1. The Hall–Kier alpha value is -4.74. The molecular weight excluding hydrogens is 602 g/mol. The Balaban J connectivity index is 1.12. The van der Waals surface area contributed by atoms with Crippen molar-refractivity contribution in [1.29, 1.82) is 0 Å². The Bertz CT molecular complexity index is 1710. The number of likely N-dealkylation sites (N-methyl/N-ethyl adjacent to an activating group) is 1. The van der Waals surface area contributed by atoms with Crippen molar-refractivity contribution in [3.63, 3.8) is 0 Å². The van der Waals surface area contributed by atoms with E-state index in [2.05, 4.69) is 28.2 Å². The van der Waals surface area contributed by atoms with Crippen LogP contribution >= 0.6 is 0 Å². The van der Waals surface area contributed by atoms with Gasteiger partial charge in [-0.1, -0.05) is 18.2 Å². The highest BCUT2D eigenvalue weighted by molar-refractivity contribution is 6.36. The van der Waals surface area contributed by atoms with Crippen molar-refractivity contribution in [1.82, 2.24) is 20.5 Å². The van der Waals surface area contributed by atoms with Gasteiger partial charge in [0, 0.05) is 31.1 Å². The number of benzene rings is 1. The van der Waals surface area contributed by atoms with Crippen LogP contribution in [-0.2, 0) is 25.7 Å². The molecule has 0 saturated heterocycles. The number of carbonyl (C=O) groups is 5. The van der Waals surface area contributed by atoms with Gasteiger partial charge in [-0.3, -0.25) is 28.8 Å². The van der Waals surface area contributed by atoms with Crippen LogP contribution in [0.4, 0.5) is 5.69 Å². The Labute approximate surface area is 272 Å². The molecule has 12 heteroatoms. The van der Waals surface area contributed by atoms with E-state index in [1.165, 1.54) is 49.2 Å². The average molecular weight is 644 g/mol. The molecule has 1 unspecified atom stereocenters. The molecule has 4 fully saturated rings. The molecule has 2 atom stereocenters. The molecule has 2 aromatic heterocycles. The van der Waals surface area contributed by atoms with Crippen molar-refractivity contribution >= 4 is 46.1 Å². The molecule has 4 amide bonds. The van der Waals surface area contributed by atoms with Crippen molar-refractivity contribution in [2.45, 2.75) is 76.9 Å². The van der Waals surface area contributed by atoms with E-state index in [1.54, 1.807) is 30.3 Å². The zero-order chi connectivity index (χ0) is 33.3. The van der Waals surface area contributed by atoms with Gasteiger partial charge in [0.05, 0.1) is 0 Å². The molecule has 0 spiro atoms. The van der Waals surface area contributed by atoms with Gasteiger partial charge in [0.25, 0.3) is 17.4 Å². The number of nitrogens with one attached hydrogen (secondary N) is 4. The molecule has 4 saturated carbocycles. The first-order chi connectivity index (χ1) is 22.5. The van der Waals surface area contributed by atoms with Crippen LogP contribution in [0.5, 0.6) is 0 Å². The third-order valence-corrected chi connectivity index (χ3v) is 10.4. The first-order valence-electron chi connectivity index (χ1n) is 16.4. The summed E-state index contributed by atoms with van der Waals surface area (Å²) >= 11 is 0. The van der Waals surface area contributed by atoms with E-state index in [1.807, 2.05) is 0 Å². The number of fused-ring (bicyclic) bond motifs is 1. The summed E-state index contributed by atoms with van der Waals surface area (Å²) in [6.45, 7) is 1.87. The molecule has 7 rings (SSSR count). The Morgan fingerprint density at radius 1 is 0.957 bits per heavy atom. The summed E-state index contributed by atoms with van der Waals surface area (Å²) in [5.41, 5.74) is -0.0939. The molecular formula is C35H41N5O7. The second-order valence-corrected chi connectivity index (χ2v) is 13.6. The monoisotopic (exact) mass is 643 g/mol.